The van der Waals surface area contributed by atoms with Crippen molar-refractivity contribution in [2.45, 2.75) is 39.0 Å². The molecule has 2 atom stereocenters. The fourth-order valence-electron chi connectivity index (χ4n) is 1.80. The van der Waals surface area contributed by atoms with E-state index >= 15 is 0 Å². The Bertz CT molecular complexity index is 396. The second kappa shape index (κ2) is 6.83. The highest BCUT2D eigenvalue weighted by molar-refractivity contribution is 6.30. The predicted octanol–water partition coefficient (Wildman–Crippen LogP) is 2.30. The zero-order valence-corrected chi connectivity index (χ0v) is 11.7. The van der Waals surface area contributed by atoms with Crippen molar-refractivity contribution in [3.63, 3.8) is 0 Å². The Morgan fingerprint density at radius 1 is 1.39 bits per heavy atom. The van der Waals surface area contributed by atoms with Crippen LogP contribution in [0, 0.1) is 0 Å². The van der Waals surface area contributed by atoms with Gasteiger partial charge < -0.3 is 20.3 Å². The summed E-state index contributed by atoms with van der Waals surface area (Å²) in [5.41, 5.74) is 0.678. The van der Waals surface area contributed by atoms with Gasteiger partial charge in [0.05, 0.1) is 13.2 Å². The first-order chi connectivity index (χ1) is 8.43. The molecule has 1 aromatic rings. The van der Waals surface area contributed by atoms with Gasteiger partial charge in [0, 0.05) is 29.2 Å². The molecule has 4 nitrogen and oxygen atoms in total. The number of rotatable bonds is 6. The number of aliphatic hydroxyl groups is 1. The van der Waals surface area contributed by atoms with E-state index in [1.807, 2.05) is 6.92 Å². The number of phenols is 1. The Labute approximate surface area is 113 Å². The molecule has 0 fully saturated rings. The Kier molecular flexibility index (Phi) is 5.72. The van der Waals surface area contributed by atoms with Crippen LogP contribution in [0.15, 0.2) is 12.1 Å². The summed E-state index contributed by atoms with van der Waals surface area (Å²) in [4.78, 5) is 0. The highest BCUT2D eigenvalue weighted by Gasteiger charge is 2.11. The first-order valence-corrected chi connectivity index (χ1v) is 6.28. The van der Waals surface area contributed by atoms with Crippen LogP contribution in [-0.4, -0.2) is 29.5 Å². The molecule has 3 N–H and O–H groups in total. The van der Waals surface area contributed by atoms with E-state index in [0.717, 1.165) is 0 Å². The van der Waals surface area contributed by atoms with E-state index in [0.29, 0.717) is 29.3 Å². The molecular weight excluding hydrogens is 254 g/mol. The van der Waals surface area contributed by atoms with Gasteiger partial charge in [-0.3, -0.25) is 0 Å². The normalized spacial score (nSPS) is 14.3. The third kappa shape index (κ3) is 4.37. The molecule has 0 radical (unpaired) electrons. The van der Waals surface area contributed by atoms with Gasteiger partial charge >= 0.3 is 0 Å². The molecule has 0 aliphatic rings. The van der Waals surface area contributed by atoms with Crippen LogP contribution in [0.2, 0.25) is 5.02 Å². The van der Waals surface area contributed by atoms with Gasteiger partial charge in [-0.15, -0.1) is 0 Å². The molecule has 0 saturated carbocycles. The number of methoxy groups -OCH3 is 1. The standard InChI is InChI=1S/C13H20ClNO3/c1-8(4-9(2)16)15-7-10-5-11(14)6-12(18-3)13(10)17/h5-6,8-9,15-17H,4,7H2,1-3H3. The Morgan fingerprint density at radius 2 is 2.06 bits per heavy atom. The molecule has 1 aromatic carbocycles. The number of hydrogen-bond acceptors (Lipinski definition) is 4. The number of ether oxygens (including phenoxy) is 1. The monoisotopic (exact) mass is 273 g/mol. The highest BCUT2D eigenvalue weighted by Crippen LogP contribution is 2.33. The van der Waals surface area contributed by atoms with Gasteiger partial charge in [-0.25, -0.2) is 0 Å². The van der Waals surface area contributed by atoms with Gasteiger partial charge in [0.2, 0.25) is 0 Å². The molecular formula is C13H20ClNO3. The van der Waals surface area contributed by atoms with Crippen molar-refractivity contribution >= 4 is 11.6 Å². The van der Waals surface area contributed by atoms with E-state index in [1.165, 1.54) is 7.11 Å². The maximum atomic E-state index is 9.93. The number of halogens is 1. The van der Waals surface area contributed by atoms with Crippen molar-refractivity contribution in [2.24, 2.45) is 0 Å². The summed E-state index contributed by atoms with van der Waals surface area (Å²) in [6.07, 6.45) is 0.299. The van der Waals surface area contributed by atoms with Crippen molar-refractivity contribution in [1.82, 2.24) is 5.32 Å². The van der Waals surface area contributed by atoms with Crippen LogP contribution in [0.4, 0.5) is 0 Å². The lowest BCUT2D eigenvalue weighted by Gasteiger charge is -2.16. The third-order valence-electron chi connectivity index (χ3n) is 2.67. The summed E-state index contributed by atoms with van der Waals surface area (Å²) >= 11 is 5.94. The van der Waals surface area contributed by atoms with Crippen LogP contribution in [0.5, 0.6) is 11.5 Å². The van der Waals surface area contributed by atoms with Gasteiger partial charge in [-0.05, 0) is 26.3 Å². The lowest BCUT2D eigenvalue weighted by molar-refractivity contribution is 0.170. The van der Waals surface area contributed by atoms with Crippen LogP contribution < -0.4 is 10.1 Å². The summed E-state index contributed by atoms with van der Waals surface area (Å²) in [6, 6.07) is 3.41. The zero-order valence-electron chi connectivity index (χ0n) is 10.9. The van der Waals surface area contributed by atoms with Crippen LogP contribution in [0.3, 0.4) is 0 Å². The Morgan fingerprint density at radius 3 is 2.61 bits per heavy atom. The number of phenolic OH excluding ortho intramolecular Hbond substituents is 1. The molecule has 0 spiro atoms. The molecule has 1 rings (SSSR count). The zero-order chi connectivity index (χ0) is 13.7. The van der Waals surface area contributed by atoms with Crippen LogP contribution in [-0.2, 0) is 6.54 Å². The van der Waals surface area contributed by atoms with Gasteiger partial charge in [0.1, 0.15) is 0 Å². The first-order valence-electron chi connectivity index (χ1n) is 5.90. The maximum Gasteiger partial charge on any atom is 0.162 e. The minimum atomic E-state index is -0.352. The number of hydrogen-bond donors (Lipinski definition) is 3. The second-order valence-electron chi connectivity index (χ2n) is 4.48. The Hall–Kier alpha value is -0.970. The summed E-state index contributed by atoms with van der Waals surface area (Å²) in [7, 11) is 1.48. The average Bonchev–Trinajstić information content (AvgIpc) is 2.28. The SMILES string of the molecule is COc1cc(Cl)cc(CNC(C)CC(C)O)c1O. The summed E-state index contributed by atoms with van der Waals surface area (Å²) < 4.78 is 5.04. The summed E-state index contributed by atoms with van der Waals surface area (Å²) in [5, 5.41) is 22.9. The number of nitrogens with one attached hydrogen (secondary N) is 1. The van der Waals surface area contributed by atoms with E-state index < -0.39 is 0 Å². The fraction of sp³-hybridized carbons (Fsp3) is 0.538. The molecule has 0 saturated heterocycles. The maximum absolute atomic E-state index is 9.93. The van der Waals surface area contributed by atoms with E-state index in [-0.39, 0.29) is 17.9 Å². The number of aromatic hydroxyl groups is 1. The molecule has 18 heavy (non-hydrogen) atoms. The highest BCUT2D eigenvalue weighted by atomic mass is 35.5. The summed E-state index contributed by atoms with van der Waals surface area (Å²) in [5.74, 6) is 0.459. The summed E-state index contributed by atoms with van der Waals surface area (Å²) in [6.45, 7) is 4.19. The van der Waals surface area contributed by atoms with Gasteiger partial charge in [-0.1, -0.05) is 11.6 Å². The number of benzene rings is 1. The molecule has 2 unspecified atom stereocenters. The molecule has 0 bridgehead atoms. The smallest absolute Gasteiger partial charge is 0.162 e. The van der Waals surface area contributed by atoms with Crippen molar-refractivity contribution in [3.05, 3.63) is 22.7 Å². The van der Waals surface area contributed by atoms with Gasteiger partial charge in [0.25, 0.3) is 0 Å². The topological polar surface area (TPSA) is 61.7 Å². The molecule has 102 valence electrons. The second-order valence-corrected chi connectivity index (χ2v) is 4.92. The molecule has 0 heterocycles. The van der Waals surface area contributed by atoms with Crippen molar-refractivity contribution in [1.29, 1.82) is 0 Å². The van der Waals surface area contributed by atoms with Crippen LogP contribution >= 0.6 is 11.6 Å². The van der Waals surface area contributed by atoms with Crippen LogP contribution in [0.25, 0.3) is 0 Å². The molecule has 5 heteroatoms. The largest absolute Gasteiger partial charge is 0.504 e. The van der Waals surface area contributed by atoms with E-state index in [1.54, 1.807) is 19.1 Å². The van der Waals surface area contributed by atoms with E-state index in [4.69, 9.17) is 16.3 Å². The molecule has 0 aromatic heterocycles. The molecule has 0 aliphatic carbocycles. The Balaban J connectivity index is 2.70. The molecule has 0 amide bonds. The van der Waals surface area contributed by atoms with Crippen molar-refractivity contribution in [3.8, 4) is 11.5 Å². The third-order valence-corrected chi connectivity index (χ3v) is 2.89. The minimum Gasteiger partial charge on any atom is -0.504 e. The minimum absolute atomic E-state index is 0.0960. The molecule has 0 aliphatic heterocycles. The lowest BCUT2D eigenvalue weighted by atomic mass is 10.1. The average molecular weight is 274 g/mol. The predicted molar refractivity (Wildman–Crippen MR) is 72.3 cm³/mol. The van der Waals surface area contributed by atoms with Gasteiger partial charge in [-0.2, -0.15) is 0 Å². The lowest BCUT2D eigenvalue weighted by Crippen LogP contribution is -2.28. The fourth-order valence-corrected chi connectivity index (χ4v) is 2.03. The first kappa shape index (κ1) is 15.1. The van der Waals surface area contributed by atoms with Crippen molar-refractivity contribution < 1.29 is 14.9 Å². The van der Waals surface area contributed by atoms with E-state index in [9.17, 15) is 10.2 Å². The van der Waals surface area contributed by atoms with Crippen molar-refractivity contribution in [2.75, 3.05) is 7.11 Å². The quantitative estimate of drug-likeness (QED) is 0.744. The number of aliphatic hydroxyl groups excluding tert-OH is 1. The van der Waals surface area contributed by atoms with Crippen LogP contribution in [0.1, 0.15) is 25.8 Å². The van der Waals surface area contributed by atoms with E-state index in [2.05, 4.69) is 5.32 Å². The van der Waals surface area contributed by atoms with Gasteiger partial charge in [0.15, 0.2) is 11.5 Å².